The summed E-state index contributed by atoms with van der Waals surface area (Å²) >= 11 is 6.53. The van der Waals surface area contributed by atoms with E-state index < -0.39 is 8.07 Å². The predicted molar refractivity (Wildman–Crippen MR) is 108 cm³/mol. The Morgan fingerprint density at radius 2 is 2.15 bits per heavy atom. The summed E-state index contributed by atoms with van der Waals surface area (Å²) < 4.78 is 13.5. The van der Waals surface area contributed by atoms with E-state index in [0.29, 0.717) is 13.3 Å². The van der Waals surface area contributed by atoms with E-state index in [4.69, 9.17) is 21.1 Å². The highest BCUT2D eigenvalue weighted by molar-refractivity contribution is 6.76. The first-order valence-corrected chi connectivity index (χ1v) is 13.2. The zero-order valence-corrected chi connectivity index (χ0v) is 17.6. The van der Waals surface area contributed by atoms with Gasteiger partial charge >= 0.3 is 0 Å². The second-order valence-electron chi connectivity index (χ2n) is 7.97. The third kappa shape index (κ3) is 5.33. The summed E-state index contributed by atoms with van der Waals surface area (Å²) in [5.74, 6) is 0.742. The molecule has 3 rings (SSSR count). The Bertz CT molecular complexity index is 743. The molecule has 0 unspecified atom stereocenters. The Morgan fingerprint density at radius 3 is 2.96 bits per heavy atom. The van der Waals surface area contributed by atoms with E-state index in [9.17, 15) is 0 Å². The van der Waals surface area contributed by atoms with Crippen LogP contribution in [0.2, 0.25) is 30.7 Å². The van der Waals surface area contributed by atoms with E-state index in [2.05, 4.69) is 36.1 Å². The first kappa shape index (κ1) is 19.4. The molecular formula is C19H28ClN3O2Si. The van der Waals surface area contributed by atoms with Gasteiger partial charge in [-0.1, -0.05) is 37.3 Å². The standard InChI is InChI=1S/C19H28ClN3O2Si/c1-26(2,3)9-8-24-14-23-12-15(10-22-23)13-25-18-5-4-16-11-21-7-6-17(16)19(18)20/h4-5,10,12,21H,6-9,11,13-14H2,1-3H3. The quantitative estimate of drug-likeness (QED) is 0.542. The Hall–Kier alpha value is -1.34. The molecule has 0 atom stereocenters. The molecule has 0 fully saturated rings. The van der Waals surface area contributed by atoms with Gasteiger partial charge in [0.15, 0.2) is 0 Å². The maximum Gasteiger partial charge on any atom is 0.139 e. The first-order valence-electron chi connectivity index (χ1n) is 9.15. The molecule has 0 saturated heterocycles. The molecule has 2 aromatic rings. The van der Waals surface area contributed by atoms with Crippen LogP contribution in [0.5, 0.6) is 5.75 Å². The van der Waals surface area contributed by atoms with Crippen molar-refractivity contribution in [1.82, 2.24) is 15.1 Å². The molecular weight excluding hydrogens is 366 g/mol. The second-order valence-corrected chi connectivity index (χ2v) is 14.0. The van der Waals surface area contributed by atoms with Crippen LogP contribution < -0.4 is 10.1 Å². The number of nitrogens with zero attached hydrogens (tertiary/aromatic N) is 2. The second kappa shape index (κ2) is 8.56. The first-order chi connectivity index (χ1) is 12.4. The van der Waals surface area contributed by atoms with Gasteiger partial charge in [-0.05, 0) is 36.2 Å². The van der Waals surface area contributed by atoms with E-state index in [1.165, 1.54) is 11.1 Å². The molecule has 142 valence electrons. The van der Waals surface area contributed by atoms with Crippen LogP contribution in [0.3, 0.4) is 0 Å². The molecule has 7 heteroatoms. The lowest BCUT2D eigenvalue weighted by Crippen LogP contribution is -2.23. The van der Waals surface area contributed by atoms with Crippen LogP contribution in [0.15, 0.2) is 24.5 Å². The number of aromatic nitrogens is 2. The molecule has 0 saturated carbocycles. The zero-order chi connectivity index (χ0) is 18.6. The Kier molecular flexibility index (Phi) is 6.40. The van der Waals surface area contributed by atoms with Crippen molar-refractivity contribution in [3.63, 3.8) is 0 Å². The number of ether oxygens (including phenoxy) is 2. The minimum atomic E-state index is -1.05. The number of rotatable bonds is 8. The number of halogens is 1. The molecule has 0 aliphatic carbocycles. The largest absolute Gasteiger partial charge is 0.487 e. The molecule has 1 aliphatic heterocycles. The van der Waals surface area contributed by atoms with E-state index in [0.717, 1.165) is 48.5 Å². The molecule has 1 aromatic heterocycles. The fourth-order valence-corrected chi connectivity index (χ4v) is 3.96. The third-order valence-electron chi connectivity index (χ3n) is 4.47. The third-order valence-corrected chi connectivity index (χ3v) is 6.59. The van der Waals surface area contributed by atoms with Crippen molar-refractivity contribution in [2.45, 2.75) is 52.0 Å². The number of nitrogens with one attached hydrogen (secondary N) is 1. The molecule has 0 radical (unpaired) electrons. The van der Waals surface area contributed by atoms with Gasteiger partial charge in [0.25, 0.3) is 0 Å². The molecule has 1 N–H and O–H groups in total. The molecule has 0 spiro atoms. The average Bonchev–Trinajstić information content (AvgIpc) is 3.05. The highest BCUT2D eigenvalue weighted by Gasteiger charge is 2.16. The van der Waals surface area contributed by atoms with Crippen molar-refractivity contribution in [3.05, 3.63) is 46.2 Å². The number of hydrogen-bond donors (Lipinski definition) is 1. The van der Waals surface area contributed by atoms with Gasteiger partial charge in [-0.2, -0.15) is 5.10 Å². The molecule has 0 amide bonds. The molecule has 0 bridgehead atoms. The summed E-state index contributed by atoms with van der Waals surface area (Å²) in [6.07, 6.45) is 4.72. The van der Waals surface area contributed by atoms with Crippen molar-refractivity contribution >= 4 is 19.7 Å². The summed E-state index contributed by atoms with van der Waals surface area (Å²) in [4.78, 5) is 0. The van der Waals surface area contributed by atoms with Crippen molar-refractivity contribution in [2.75, 3.05) is 13.2 Å². The minimum Gasteiger partial charge on any atom is -0.487 e. The van der Waals surface area contributed by atoms with Gasteiger partial charge in [0.05, 0.1) is 11.2 Å². The maximum atomic E-state index is 6.53. The average molecular weight is 394 g/mol. The minimum absolute atomic E-state index is 0.450. The van der Waals surface area contributed by atoms with Crippen molar-refractivity contribution in [3.8, 4) is 5.75 Å². The number of benzene rings is 1. The molecule has 1 aromatic carbocycles. The van der Waals surface area contributed by atoms with Crippen LogP contribution in [0.25, 0.3) is 0 Å². The van der Waals surface area contributed by atoms with Crippen molar-refractivity contribution in [1.29, 1.82) is 0 Å². The number of fused-ring (bicyclic) bond motifs is 1. The van der Waals surface area contributed by atoms with Crippen LogP contribution >= 0.6 is 11.6 Å². The summed E-state index contributed by atoms with van der Waals surface area (Å²) in [5.41, 5.74) is 3.47. The van der Waals surface area contributed by atoms with E-state index in [1.54, 1.807) is 0 Å². The van der Waals surface area contributed by atoms with Gasteiger partial charge in [-0.25, -0.2) is 4.68 Å². The molecule has 2 heterocycles. The smallest absolute Gasteiger partial charge is 0.139 e. The Labute approximate surface area is 161 Å². The van der Waals surface area contributed by atoms with Crippen LogP contribution in [0.1, 0.15) is 16.7 Å². The monoisotopic (exact) mass is 393 g/mol. The van der Waals surface area contributed by atoms with Crippen molar-refractivity contribution in [2.24, 2.45) is 0 Å². The topological polar surface area (TPSA) is 48.3 Å². The normalized spacial score (nSPS) is 14.3. The predicted octanol–water partition coefficient (Wildman–Crippen LogP) is 4.07. The fraction of sp³-hybridized carbons (Fsp3) is 0.526. The SMILES string of the molecule is C[Si](C)(C)CCOCn1cc(COc2ccc3c(c2Cl)CCNC3)cn1. The summed E-state index contributed by atoms with van der Waals surface area (Å²) in [5, 5.41) is 8.44. The van der Waals surface area contributed by atoms with Crippen LogP contribution in [0.4, 0.5) is 0 Å². The van der Waals surface area contributed by atoms with Crippen LogP contribution in [0, 0.1) is 0 Å². The van der Waals surface area contributed by atoms with E-state index in [-0.39, 0.29) is 0 Å². The summed E-state index contributed by atoms with van der Waals surface area (Å²) in [7, 11) is -1.05. The van der Waals surface area contributed by atoms with Crippen molar-refractivity contribution < 1.29 is 9.47 Å². The van der Waals surface area contributed by atoms with Crippen LogP contribution in [-0.4, -0.2) is 31.0 Å². The maximum absolute atomic E-state index is 6.53. The highest BCUT2D eigenvalue weighted by atomic mass is 35.5. The lowest BCUT2D eigenvalue weighted by Gasteiger charge is -2.20. The highest BCUT2D eigenvalue weighted by Crippen LogP contribution is 2.33. The number of hydrogen-bond acceptors (Lipinski definition) is 4. The van der Waals surface area contributed by atoms with Gasteiger partial charge in [0.1, 0.15) is 19.1 Å². The summed E-state index contributed by atoms with van der Waals surface area (Å²) in [6, 6.07) is 5.22. The lowest BCUT2D eigenvalue weighted by atomic mass is 10.0. The van der Waals surface area contributed by atoms with Gasteiger partial charge in [-0.3, -0.25) is 0 Å². The Morgan fingerprint density at radius 1 is 1.31 bits per heavy atom. The van der Waals surface area contributed by atoms with E-state index in [1.807, 2.05) is 23.1 Å². The molecule has 1 aliphatic rings. The van der Waals surface area contributed by atoms with Gasteiger partial charge < -0.3 is 14.8 Å². The Balaban J connectivity index is 1.51. The fourth-order valence-electron chi connectivity index (χ4n) is 2.87. The van der Waals surface area contributed by atoms with E-state index >= 15 is 0 Å². The summed E-state index contributed by atoms with van der Waals surface area (Å²) in [6.45, 7) is 10.6. The molecule has 5 nitrogen and oxygen atoms in total. The molecule has 26 heavy (non-hydrogen) atoms. The van der Waals surface area contributed by atoms with Gasteiger partial charge in [0, 0.05) is 33.0 Å². The van der Waals surface area contributed by atoms with Gasteiger partial charge in [-0.15, -0.1) is 0 Å². The van der Waals surface area contributed by atoms with Crippen LogP contribution in [-0.2, 0) is 31.0 Å². The zero-order valence-electron chi connectivity index (χ0n) is 15.8. The lowest BCUT2D eigenvalue weighted by molar-refractivity contribution is 0.0784. The van der Waals surface area contributed by atoms with Gasteiger partial charge in [0.2, 0.25) is 0 Å².